The summed E-state index contributed by atoms with van der Waals surface area (Å²) in [6.45, 7) is 1.81. The highest BCUT2D eigenvalue weighted by Crippen LogP contribution is 1.97. The van der Waals surface area contributed by atoms with E-state index in [1.807, 2.05) is 25.1 Å². The van der Waals surface area contributed by atoms with E-state index in [9.17, 15) is 4.79 Å². The van der Waals surface area contributed by atoms with Crippen LogP contribution >= 0.6 is 0 Å². The maximum atomic E-state index is 11.3. The number of rotatable bonds is 1. The summed E-state index contributed by atoms with van der Waals surface area (Å²) < 4.78 is 0. The second kappa shape index (κ2) is 3.19. The maximum absolute atomic E-state index is 11.3. The van der Waals surface area contributed by atoms with E-state index >= 15 is 0 Å². The van der Waals surface area contributed by atoms with Gasteiger partial charge in [-0.25, -0.2) is 0 Å². The van der Waals surface area contributed by atoms with Gasteiger partial charge in [-0.2, -0.15) is 0 Å². The van der Waals surface area contributed by atoms with E-state index in [2.05, 4.69) is 5.32 Å². The van der Waals surface area contributed by atoms with Gasteiger partial charge in [0.1, 0.15) is 0 Å². The topological polar surface area (TPSA) is 29.1 Å². The lowest BCUT2D eigenvalue weighted by molar-refractivity contribution is 1.40. The molecule has 0 aliphatic carbocycles. The smallest absolute Gasteiger partial charge is 0.204 e. The first-order chi connectivity index (χ1) is 5.25. The first kappa shape index (κ1) is 7.79. The van der Waals surface area contributed by atoms with Crippen LogP contribution in [0.25, 0.3) is 0 Å². The summed E-state index contributed by atoms with van der Waals surface area (Å²) in [5.41, 5.74) is 1.48. The summed E-state index contributed by atoms with van der Waals surface area (Å²) in [5.74, 6) is 0. The van der Waals surface area contributed by atoms with E-state index < -0.39 is 0 Å². The van der Waals surface area contributed by atoms with Crippen LogP contribution in [0, 0.1) is 6.92 Å². The van der Waals surface area contributed by atoms with Gasteiger partial charge in [-0.1, -0.05) is 18.2 Å². The van der Waals surface area contributed by atoms with Crippen molar-refractivity contribution in [1.29, 1.82) is 0 Å². The molecular formula is C9H11NO. The van der Waals surface area contributed by atoms with E-state index in [0.29, 0.717) is 5.69 Å². The van der Waals surface area contributed by atoms with Crippen LogP contribution in [0.2, 0.25) is 0 Å². The molecule has 1 aromatic rings. The van der Waals surface area contributed by atoms with E-state index in [4.69, 9.17) is 0 Å². The average molecular weight is 149 g/mol. The third-order valence-corrected chi connectivity index (χ3v) is 1.59. The molecule has 0 aliphatic heterocycles. The van der Waals surface area contributed by atoms with Crippen molar-refractivity contribution in [2.75, 3.05) is 12.4 Å². The number of anilines is 1. The first-order valence-electron chi connectivity index (χ1n) is 3.53. The van der Waals surface area contributed by atoms with Crippen LogP contribution in [0.4, 0.5) is 5.69 Å². The lowest BCUT2D eigenvalue weighted by Gasteiger charge is -1.92. The standard InChI is InChI=1S/C9H11NO/c1-7-5-3-4-6-8(10-2)9(7)11/h3-6H,1-2H3,(H,10,11). The van der Waals surface area contributed by atoms with Gasteiger partial charge in [-0.15, -0.1) is 0 Å². The predicted molar refractivity (Wildman–Crippen MR) is 47.0 cm³/mol. The van der Waals surface area contributed by atoms with Crippen LogP contribution in [0.3, 0.4) is 0 Å². The van der Waals surface area contributed by atoms with Crippen molar-refractivity contribution in [3.8, 4) is 0 Å². The minimum Gasteiger partial charge on any atom is -0.385 e. The van der Waals surface area contributed by atoms with Crippen LogP contribution in [0.15, 0.2) is 29.1 Å². The van der Waals surface area contributed by atoms with E-state index in [1.54, 1.807) is 13.1 Å². The number of nitrogens with one attached hydrogen (secondary N) is 1. The molecule has 11 heavy (non-hydrogen) atoms. The number of aryl methyl sites for hydroxylation is 1. The molecule has 1 N–H and O–H groups in total. The third-order valence-electron chi connectivity index (χ3n) is 1.59. The lowest BCUT2D eigenvalue weighted by atomic mass is 10.3. The van der Waals surface area contributed by atoms with Gasteiger partial charge >= 0.3 is 0 Å². The Morgan fingerprint density at radius 1 is 1.27 bits per heavy atom. The fourth-order valence-electron chi connectivity index (χ4n) is 0.912. The molecule has 2 heteroatoms. The molecular weight excluding hydrogens is 138 g/mol. The Morgan fingerprint density at radius 2 is 1.91 bits per heavy atom. The van der Waals surface area contributed by atoms with Crippen molar-refractivity contribution in [3.05, 3.63) is 40.1 Å². The van der Waals surface area contributed by atoms with Crippen molar-refractivity contribution in [2.45, 2.75) is 6.92 Å². The van der Waals surface area contributed by atoms with Crippen LogP contribution < -0.4 is 10.7 Å². The summed E-state index contributed by atoms with van der Waals surface area (Å²) in [5, 5.41) is 2.84. The Hall–Kier alpha value is -1.31. The zero-order valence-electron chi connectivity index (χ0n) is 6.72. The van der Waals surface area contributed by atoms with Crippen molar-refractivity contribution >= 4 is 5.69 Å². The molecule has 0 fully saturated rings. The number of hydrogen-bond acceptors (Lipinski definition) is 2. The molecule has 0 saturated carbocycles. The van der Waals surface area contributed by atoms with Crippen LogP contribution in [-0.4, -0.2) is 7.05 Å². The Kier molecular flexibility index (Phi) is 2.26. The van der Waals surface area contributed by atoms with Gasteiger partial charge in [0.05, 0.1) is 5.69 Å². The van der Waals surface area contributed by atoms with Crippen LogP contribution in [0.1, 0.15) is 5.56 Å². The fourth-order valence-corrected chi connectivity index (χ4v) is 0.912. The molecule has 0 unspecified atom stereocenters. The molecule has 2 nitrogen and oxygen atoms in total. The molecule has 0 spiro atoms. The zero-order chi connectivity index (χ0) is 8.27. The van der Waals surface area contributed by atoms with Gasteiger partial charge in [-0.05, 0) is 18.6 Å². The minimum absolute atomic E-state index is 0.0671. The highest BCUT2D eigenvalue weighted by molar-refractivity contribution is 5.43. The molecule has 0 saturated heterocycles. The van der Waals surface area contributed by atoms with Gasteiger partial charge in [0.15, 0.2) is 0 Å². The second-order valence-corrected chi connectivity index (χ2v) is 2.39. The summed E-state index contributed by atoms with van der Waals surface area (Å²) in [6.07, 6.45) is 0. The van der Waals surface area contributed by atoms with E-state index in [0.717, 1.165) is 5.56 Å². The molecule has 0 heterocycles. The average Bonchev–Trinajstić information content (AvgIpc) is 2.16. The van der Waals surface area contributed by atoms with Crippen molar-refractivity contribution in [3.63, 3.8) is 0 Å². The van der Waals surface area contributed by atoms with Gasteiger partial charge in [0.25, 0.3) is 0 Å². The van der Waals surface area contributed by atoms with Gasteiger partial charge in [0.2, 0.25) is 5.43 Å². The molecule has 1 rings (SSSR count). The Bertz CT molecular complexity index is 307. The molecule has 0 atom stereocenters. The normalized spacial score (nSPS) is 9.27. The van der Waals surface area contributed by atoms with Crippen molar-refractivity contribution in [1.82, 2.24) is 0 Å². The summed E-state index contributed by atoms with van der Waals surface area (Å²) in [4.78, 5) is 11.3. The summed E-state index contributed by atoms with van der Waals surface area (Å²) in [6, 6.07) is 7.29. The third kappa shape index (κ3) is 1.58. The summed E-state index contributed by atoms with van der Waals surface area (Å²) >= 11 is 0. The molecule has 0 radical (unpaired) electrons. The molecule has 0 aromatic heterocycles. The Balaban J connectivity index is 3.42. The summed E-state index contributed by atoms with van der Waals surface area (Å²) in [7, 11) is 1.75. The monoisotopic (exact) mass is 149 g/mol. The molecule has 0 amide bonds. The van der Waals surface area contributed by atoms with E-state index in [-0.39, 0.29) is 5.43 Å². The SMILES string of the molecule is CNc1ccccc(C)c1=O. The van der Waals surface area contributed by atoms with Gasteiger partial charge in [-0.3, -0.25) is 4.79 Å². The largest absolute Gasteiger partial charge is 0.385 e. The van der Waals surface area contributed by atoms with Gasteiger partial charge < -0.3 is 5.32 Å². The predicted octanol–water partition coefficient (Wildman–Crippen LogP) is 1.40. The zero-order valence-corrected chi connectivity index (χ0v) is 6.72. The Labute approximate surface area is 65.9 Å². The Morgan fingerprint density at radius 3 is 2.55 bits per heavy atom. The minimum atomic E-state index is 0.0671. The fraction of sp³-hybridized carbons (Fsp3) is 0.222. The molecule has 0 bridgehead atoms. The van der Waals surface area contributed by atoms with E-state index in [1.165, 1.54) is 0 Å². The first-order valence-corrected chi connectivity index (χ1v) is 3.53. The van der Waals surface area contributed by atoms with Crippen LogP contribution in [0.5, 0.6) is 0 Å². The van der Waals surface area contributed by atoms with Gasteiger partial charge in [0, 0.05) is 7.05 Å². The molecule has 58 valence electrons. The maximum Gasteiger partial charge on any atom is 0.204 e. The van der Waals surface area contributed by atoms with Crippen molar-refractivity contribution < 1.29 is 0 Å². The lowest BCUT2D eigenvalue weighted by Crippen LogP contribution is -2.07. The second-order valence-electron chi connectivity index (χ2n) is 2.39. The quantitative estimate of drug-likeness (QED) is 0.653. The highest BCUT2D eigenvalue weighted by atomic mass is 16.1. The molecule has 1 aromatic carbocycles. The highest BCUT2D eigenvalue weighted by Gasteiger charge is 1.94. The van der Waals surface area contributed by atoms with Crippen LogP contribution in [-0.2, 0) is 0 Å². The number of hydrogen-bond donors (Lipinski definition) is 1. The van der Waals surface area contributed by atoms with Crippen molar-refractivity contribution in [2.24, 2.45) is 0 Å². The molecule has 0 aliphatic rings.